The fourth-order valence-electron chi connectivity index (χ4n) is 4.06. The lowest BCUT2D eigenvalue weighted by atomic mass is 9.84. The van der Waals surface area contributed by atoms with Crippen molar-refractivity contribution in [3.05, 3.63) is 57.6 Å². The van der Waals surface area contributed by atoms with Crippen LogP contribution in [0, 0.1) is 0 Å². The van der Waals surface area contributed by atoms with Crippen molar-refractivity contribution < 1.29 is 9.47 Å². The Morgan fingerprint density at radius 1 is 1.12 bits per heavy atom. The first-order valence-corrected chi connectivity index (χ1v) is 9.47. The number of anilines is 1. The predicted molar refractivity (Wildman–Crippen MR) is 102 cm³/mol. The third-order valence-electron chi connectivity index (χ3n) is 5.39. The third kappa shape index (κ3) is 2.44. The number of rotatable bonds is 2. The standard InChI is InChI=1S/C20H21Cl2NO2/c1-4-20(5-2)15-8-6-7-9-17(15)23-12(3)24-18-14(19(23)25-20)10-13(21)11-16(18)22/h6-12,19H,4-5H2,1-3H3. The number of hydrogen-bond acceptors (Lipinski definition) is 3. The summed E-state index contributed by atoms with van der Waals surface area (Å²) in [5, 5.41) is 1.11. The Bertz CT molecular complexity index is 819. The first-order chi connectivity index (χ1) is 12.0. The highest BCUT2D eigenvalue weighted by Gasteiger charge is 2.47. The fraction of sp³-hybridized carbons (Fsp3) is 0.400. The maximum atomic E-state index is 6.74. The number of para-hydroxylation sites is 1. The van der Waals surface area contributed by atoms with E-state index in [1.165, 1.54) is 5.56 Å². The van der Waals surface area contributed by atoms with Crippen LogP contribution < -0.4 is 9.64 Å². The molecule has 0 fully saturated rings. The molecule has 2 unspecified atom stereocenters. The molecule has 2 aliphatic heterocycles. The van der Waals surface area contributed by atoms with E-state index in [0.717, 1.165) is 24.1 Å². The van der Waals surface area contributed by atoms with E-state index in [0.29, 0.717) is 15.8 Å². The minimum absolute atomic E-state index is 0.191. The van der Waals surface area contributed by atoms with Gasteiger partial charge in [0, 0.05) is 21.8 Å². The summed E-state index contributed by atoms with van der Waals surface area (Å²) >= 11 is 12.7. The molecule has 0 amide bonds. The lowest BCUT2D eigenvalue weighted by Crippen LogP contribution is -2.52. The number of fused-ring (bicyclic) bond motifs is 5. The van der Waals surface area contributed by atoms with Crippen LogP contribution in [0.5, 0.6) is 5.75 Å². The average Bonchev–Trinajstić information content (AvgIpc) is 2.61. The summed E-state index contributed by atoms with van der Waals surface area (Å²) in [5.41, 5.74) is 2.91. The second kappa shape index (κ2) is 6.08. The molecule has 5 heteroatoms. The molecule has 2 heterocycles. The Balaban J connectivity index is 1.96. The van der Waals surface area contributed by atoms with Gasteiger partial charge in [-0.05, 0) is 38.0 Å². The molecule has 4 rings (SSSR count). The first-order valence-electron chi connectivity index (χ1n) is 8.72. The Morgan fingerprint density at radius 2 is 1.84 bits per heavy atom. The quantitative estimate of drug-likeness (QED) is 0.614. The van der Waals surface area contributed by atoms with Gasteiger partial charge < -0.3 is 14.4 Å². The summed E-state index contributed by atoms with van der Waals surface area (Å²) in [6.45, 7) is 6.36. The minimum atomic E-state index is -0.332. The molecule has 2 aromatic rings. The highest BCUT2D eigenvalue weighted by Crippen LogP contribution is 2.54. The molecule has 2 aromatic carbocycles. The van der Waals surface area contributed by atoms with Gasteiger partial charge in [-0.15, -0.1) is 0 Å². The molecule has 0 saturated heterocycles. The summed E-state index contributed by atoms with van der Waals surface area (Å²) in [7, 11) is 0. The summed E-state index contributed by atoms with van der Waals surface area (Å²) < 4.78 is 12.9. The third-order valence-corrected chi connectivity index (χ3v) is 5.89. The maximum absolute atomic E-state index is 6.74. The van der Waals surface area contributed by atoms with Gasteiger partial charge >= 0.3 is 0 Å². The summed E-state index contributed by atoms with van der Waals surface area (Å²) in [6.07, 6.45) is 1.32. The predicted octanol–water partition coefficient (Wildman–Crippen LogP) is 6.28. The second-order valence-corrected chi connectivity index (χ2v) is 7.46. The molecule has 0 saturated carbocycles. The van der Waals surface area contributed by atoms with Crippen LogP contribution in [0.3, 0.4) is 0 Å². The van der Waals surface area contributed by atoms with Crippen LogP contribution in [0.4, 0.5) is 5.69 Å². The van der Waals surface area contributed by atoms with Gasteiger partial charge in [0.1, 0.15) is 5.75 Å². The van der Waals surface area contributed by atoms with Gasteiger partial charge in [0.2, 0.25) is 0 Å². The molecule has 0 aliphatic carbocycles. The molecular formula is C20H21Cl2NO2. The monoisotopic (exact) mass is 377 g/mol. The van der Waals surface area contributed by atoms with Crippen LogP contribution in [-0.4, -0.2) is 6.23 Å². The molecule has 3 nitrogen and oxygen atoms in total. The van der Waals surface area contributed by atoms with Crippen molar-refractivity contribution in [1.29, 1.82) is 0 Å². The van der Waals surface area contributed by atoms with Gasteiger partial charge in [-0.25, -0.2) is 0 Å². The van der Waals surface area contributed by atoms with Crippen LogP contribution >= 0.6 is 23.2 Å². The zero-order chi connectivity index (χ0) is 17.8. The SMILES string of the molecule is CCC1(CC)OC2c3cc(Cl)cc(Cl)c3OC(C)N2c2ccccc21. The summed E-state index contributed by atoms with van der Waals surface area (Å²) in [6, 6.07) is 12.0. The minimum Gasteiger partial charge on any atom is -0.469 e. The molecule has 0 bridgehead atoms. The Morgan fingerprint density at radius 3 is 2.56 bits per heavy atom. The van der Waals surface area contributed by atoms with Crippen molar-refractivity contribution >= 4 is 28.9 Å². The largest absolute Gasteiger partial charge is 0.469 e. The van der Waals surface area contributed by atoms with Gasteiger partial charge in [-0.2, -0.15) is 0 Å². The second-order valence-electron chi connectivity index (χ2n) is 6.62. The van der Waals surface area contributed by atoms with E-state index in [9.17, 15) is 0 Å². The molecule has 0 radical (unpaired) electrons. The van der Waals surface area contributed by atoms with E-state index >= 15 is 0 Å². The van der Waals surface area contributed by atoms with Gasteiger partial charge in [0.15, 0.2) is 12.5 Å². The lowest BCUT2D eigenvalue weighted by molar-refractivity contribution is -0.132. The number of nitrogens with zero attached hydrogens (tertiary/aromatic N) is 1. The summed E-state index contributed by atoms with van der Waals surface area (Å²) in [4.78, 5) is 2.17. The van der Waals surface area contributed by atoms with Crippen molar-refractivity contribution in [2.24, 2.45) is 0 Å². The highest BCUT2D eigenvalue weighted by atomic mass is 35.5. The smallest absolute Gasteiger partial charge is 0.171 e. The van der Waals surface area contributed by atoms with E-state index in [2.05, 4.69) is 43.0 Å². The number of ether oxygens (including phenoxy) is 2. The van der Waals surface area contributed by atoms with Gasteiger partial charge in [-0.1, -0.05) is 55.2 Å². The zero-order valence-electron chi connectivity index (χ0n) is 14.6. The van der Waals surface area contributed by atoms with Crippen LogP contribution in [-0.2, 0) is 10.3 Å². The van der Waals surface area contributed by atoms with E-state index < -0.39 is 0 Å². The van der Waals surface area contributed by atoms with Crippen molar-refractivity contribution in [2.75, 3.05) is 4.90 Å². The van der Waals surface area contributed by atoms with Gasteiger partial charge in [-0.3, -0.25) is 0 Å². The number of halogens is 2. The van der Waals surface area contributed by atoms with E-state index in [1.807, 2.05) is 13.0 Å². The number of benzene rings is 2. The molecule has 0 aromatic heterocycles. The zero-order valence-corrected chi connectivity index (χ0v) is 16.1. The van der Waals surface area contributed by atoms with Crippen molar-refractivity contribution in [1.82, 2.24) is 0 Å². The van der Waals surface area contributed by atoms with E-state index in [-0.39, 0.29) is 18.1 Å². The summed E-state index contributed by atoms with van der Waals surface area (Å²) in [5.74, 6) is 0.667. The van der Waals surface area contributed by atoms with Crippen LogP contribution in [0.25, 0.3) is 0 Å². The first kappa shape index (κ1) is 17.0. The Hall–Kier alpha value is -1.42. The molecule has 2 atom stereocenters. The molecule has 0 N–H and O–H groups in total. The number of hydrogen-bond donors (Lipinski definition) is 0. The van der Waals surface area contributed by atoms with Crippen LogP contribution in [0.1, 0.15) is 51.0 Å². The molecular weight excluding hydrogens is 357 g/mol. The normalized spacial score (nSPS) is 23.3. The fourth-order valence-corrected chi connectivity index (χ4v) is 4.61. The van der Waals surface area contributed by atoms with Gasteiger partial charge in [0.25, 0.3) is 0 Å². The van der Waals surface area contributed by atoms with Crippen molar-refractivity contribution in [2.45, 2.75) is 51.7 Å². The Kier molecular flexibility index (Phi) is 4.14. The van der Waals surface area contributed by atoms with E-state index in [4.69, 9.17) is 32.7 Å². The average molecular weight is 378 g/mol. The maximum Gasteiger partial charge on any atom is 0.171 e. The van der Waals surface area contributed by atoms with Gasteiger partial charge in [0.05, 0.1) is 10.6 Å². The van der Waals surface area contributed by atoms with Crippen LogP contribution in [0.15, 0.2) is 36.4 Å². The topological polar surface area (TPSA) is 21.7 Å². The van der Waals surface area contributed by atoms with Crippen molar-refractivity contribution in [3.8, 4) is 5.75 Å². The van der Waals surface area contributed by atoms with Crippen LogP contribution in [0.2, 0.25) is 10.0 Å². The molecule has 2 aliphatic rings. The molecule has 25 heavy (non-hydrogen) atoms. The highest BCUT2D eigenvalue weighted by molar-refractivity contribution is 6.35. The lowest BCUT2D eigenvalue weighted by Gasteiger charge is -2.52. The molecule has 0 spiro atoms. The Labute approximate surface area is 158 Å². The van der Waals surface area contributed by atoms with E-state index in [1.54, 1.807) is 6.07 Å². The molecule has 132 valence electrons. The van der Waals surface area contributed by atoms with Crippen molar-refractivity contribution in [3.63, 3.8) is 0 Å².